The molecular formula is C18H31ClN3Si. The van der Waals surface area contributed by atoms with Gasteiger partial charge in [-0.05, 0) is 34.7 Å². The summed E-state index contributed by atoms with van der Waals surface area (Å²) in [5.41, 5.74) is 10.1. The highest BCUT2D eigenvalue weighted by molar-refractivity contribution is 6.12. The largest absolute Gasteiger partial charge is 1.00 e. The molecule has 5 heteroatoms. The Balaban J connectivity index is 0.00000264. The number of nitrogens with two attached hydrogens (primary N) is 1. The molecule has 2 atom stereocenters. The van der Waals surface area contributed by atoms with Gasteiger partial charge < -0.3 is 27.5 Å². The van der Waals surface area contributed by atoms with Crippen molar-refractivity contribution in [1.29, 1.82) is 0 Å². The summed E-state index contributed by atoms with van der Waals surface area (Å²) in [5.74, 6) is 0. The molecule has 3 radical (unpaired) electrons. The summed E-state index contributed by atoms with van der Waals surface area (Å²) in [5, 5.41) is 0. The average molecular weight is 353 g/mol. The Kier molecular flexibility index (Phi) is 6.22. The highest BCUT2D eigenvalue weighted by Crippen LogP contribution is 2.39. The first-order valence-corrected chi connectivity index (χ1v) is 8.78. The normalized spacial score (nSPS) is 20.3. The van der Waals surface area contributed by atoms with Crippen LogP contribution in [0.2, 0.25) is 5.54 Å². The van der Waals surface area contributed by atoms with Crippen molar-refractivity contribution in [2.75, 3.05) is 44.9 Å². The molecule has 1 aromatic carbocycles. The first kappa shape index (κ1) is 20.3. The van der Waals surface area contributed by atoms with Crippen LogP contribution in [-0.2, 0) is 5.41 Å². The van der Waals surface area contributed by atoms with Gasteiger partial charge in [0, 0.05) is 34.6 Å². The summed E-state index contributed by atoms with van der Waals surface area (Å²) >= 11 is 0. The van der Waals surface area contributed by atoms with E-state index < -0.39 is 0 Å². The van der Waals surface area contributed by atoms with E-state index >= 15 is 0 Å². The van der Waals surface area contributed by atoms with E-state index in [0.29, 0.717) is 11.6 Å². The molecule has 1 aliphatic rings. The molecular weight excluding hydrogens is 322 g/mol. The van der Waals surface area contributed by atoms with E-state index in [0.717, 1.165) is 23.3 Å². The van der Waals surface area contributed by atoms with Crippen LogP contribution >= 0.6 is 0 Å². The van der Waals surface area contributed by atoms with E-state index in [2.05, 4.69) is 75.3 Å². The summed E-state index contributed by atoms with van der Waals surface area (Å²) < 4.78 is 1.03. The smallest absolute Gasteiger partial charge is 0.108 e. The van der Waals surface area contributed by atoms with Gasteiger partial charge in [-0.15, -0.1) is 0 Å². The monoisotopic (exact) mass is 352 g/mol. The lowest BCUT2D eigenvalue weighted by atomic mass is 9.80. The molecule has 1 aliphatic heterocycles. The Bertz CT molecular complexity index is 538. The number of anilines is 2. The minimum Gasteiger partial charge on any atom is -1.00 e. The molecule has 23 heavy (non-hydrogen) atoms. The van der Waals surface area contributed by atoms with Crippen molar-refractivity contribution in [2.45, 2.75) is 44.2 Å². The van der Waals surface area contributed by atoms with Gasteiger partial charge in [-0.1, -0.05) is 20.8 Å². The zero-order valence-corrected chi connectivity index (χ0v) is 17.1. The molecule has 1 heterocycles. The van der Waals surface area contributed by atoms with Crippen LogP contribution in [0.5, 0.6) is 0 Å². The van der Waals surface area contributed by atoms with E-state index in [1.165, 1.54) is 17.7 Å². The van der Waals surface area contributed by atoms with Crippen molar-refractivity contribution in [2.24, 2.45) is 0 Å². The van der Waals surface area contributed by atoms with Crippen LogP contribution in [0.1, 0.15) is 32.8 Å². The van der Waals surface area contributed by atoms with Gasteiger partial charge in [0.05, 0.1) is 27.7 Å². The number of hydrogen-bond acceptors (Lipinski definition) is 2. The van der Waals surface area contributed by atoms with Gasteiger partial charge in [0.25, 0.3) is 0 Å². The van der Waals surface area contributed by atoms with Gasteiger partial charge in [-0.2, -0.15) is 0 Å². The number of nitrogen functional groups attached to an aromatic ring is 1. The van der Waals surface area contributed by atoms with Crippen molar-refractivity contribution in [3.05, 3.63) is 23.8 Å². The molecule has 2 N–H and O–H groups in total. The number of nitrogens with zero attached hydrogens (tertiary/aromatic N) is 2. The van der Waals surface area contributed by atoms with E-state index in [9.17, 15) is 0 Å². The quantitative estimate of drug-likeness (QED) is 0.462. The summed E-state index contributed by atoms with van der Waals surface area (Å²) in [6.07, 6.45) is 1.25. The van der Waals surface area contributed by atoms with Crippen LogP contribution in [0.3, 0.4) is 0 Å². The zero-order chi connectivity index (χ0) is 16.7. The van der Waals surface area contributed by atoms with Crippen molar-refractivity contribution >= 4 is 21.6 Å². The third kappa shape index (κ3) is 4.23. The summed E-state index contributed by atoms with van der Waals surface area (Å²) in [6.45, 7) is 8.94. The van der Waals surface area contributed by atoms with E-state index in [1.54, 1.807) is 0 Å². The molecule has 1 saturated heterocycles. The number of benzene rings is 1. The van der Waals surface area contributed by atoms with Gasteiger partial charge in [0.1, 0.15) is 6.04 Å². The Labute approximate surface area is 151 Å². The molecule has 0 spiro atoms. The van der Waals surface area contributed by atoms with Gasteiger partial charge in [0.15, 0.2) is 0 Å². The zero-order valence-electron chi connectivity index (χ0n) is 15.4. The van der Waals surface area contributed by atoms with Crippen molar-refractivity contribution < 1.29 is 16.9 Å². The first-order chi connectivity index (χ1) is 10.0. The predicted molar refractivity (Wildman–Crippen MR) is 97.7 cm³/mol. The second kappa shape index (κ2) is 7.04. The van der Waals surface area contributed by atoms with Crippen LogP contribution in [0.15, 0.2) is 18.2 Å². The van der Waals surface area contributed by atoms with Gasteiger partial charge >= 0.3 is 0 Å². The fourth-order valence-electron chi connectivity index (χ4n) is 3.14. The Morgan fingerprint density at radius 2 is 1.91 bits per heavy atom. The van der Waals surface area contributed by atoms with Gasteiger partial charge in [0.2, 0.25) is 0 Å². The highest BCUT2D eigenvalue weighted by atomic mass is 35.5. The van der Waals surface area contributed by atoms with Gasteiger partial charge in [-0.3, -0.25) is 0 Å². The molecule has 2 unspecified atom stereocenters. The van der Waals surface area contributed by atoms with Crippen molar-refractivity contribution in [3.63, 3.8) is 0 Å². The number of halogens is 1. The number of rotatable bonds is 4. The minimum absolute atomic E-state index is 0. The topological polar surface area (TPSA) is 29.3 Å². The lowest BCUT2D eigenvalue weighted by Gasteiger charge is -2.33. The standard InChI is InChI=1S/C18H31N3Si.ClH/c1-13(22)18(2,3)16-11-14(7-8-17(16)19)20-10-9-15(12-20)21(4,5)6;/h7-8,11,13,15H,9-10,12,19H2,1-6H3;1H/q+1;/p-1. The van der Waals surface area contributed by atoms with Crippen LogP contribution < -0.4 is 23.0 Å². The summed E-state index contributed by atoms with van der Waals surface area (Å²) in [7, 11) is 10.7. The molecule has 3 nitrogen and oxygen atoms in total. The van der Waals surface area contributed by atoms with E-state index in [4.69, 9.17) is 5.73 Å². The maximum absolute atomic E-state index is 6.27. The van der Waals surface area contributed by atoms with Gasteiger partial charge in [-0.25, -0.2) is 0 Å². The first-order valence-electron chi connectivity index (χ1n) is 8.20. The summed E-state index contributed by atoms with van der Waals surface area (Å²) in [4.78, 5) is 2.51. The van der Waals surface area contributed by atoms with E-state index in [-0.39, 0.29) is 17.8 Å². The third-order valence-corrected chi connectivity index (χ3v) is 6.16. The van der Waals surface area contributed by atoms with E-state index in [1.807, 2.05) is 0 Å². The molecule has 0 saturated carbocycles. The van der Waals surface area contributed by atoms with Crippen molar-refractivity contribution in [1.82, 2.24) is 0 Å². The second-order valence-electron chi connectivity index (χ2n) is 8.22. The maximum Gasteiger partial charge on any atom is 0.108 e. The Morgan fingerprint density at radius 3 is 2.39 bits per heavy atom. The Hall–Kier alpha value is -0.713. The molecule has 0 aromatic heterocycles. The molecule has 1 aromatic rings. The van der Waals surface area contributed by atoms with Crippen LogP contribution in [0.25, 0.3) is 0 Å². The molecule has 0 bridgehead atoms. The average Bonchev–Trinajstić information content (AvgIpc) is 2.88. The fraction of sp³-hybridized carbons (Fsp3) is 0.667. The molecule has 0 amide bonds. The highest BCUT2D eigenvalue weighted by Gasteiger charge is 2.33. The molecule has 0 aliphatic carbocycles. The lowest BCUT2D eigenvalue weighted by molar-refractivity contribution is -0.893. The number of quaternary nitrogens is 1. The molecule has 2 rings (SSSR count). The lowest BCUT2D eigenvalue weighted by Crippen LogP contribution is -3.00. The maximum atomic E-state index is 6.27. The minimum atomic E-state index is 0. The number of hydrogen-bond donors (Lipinski definition) is 1. The molecule has 129 valence electrons. The fourth-order valence-corrected chi connectivity index (χ4v) is 3.30. The third-order valence-electron chi connectivity index (χ3n) is 5.44. The second-order valence-corrected chi connectivity index (χ2v) is 9.09. The Morgan fingerprint density at radius 1 is 1.30 bits per heavy atom. The summed E-state index contributed by atoms with van der Waals surface area (Å²) in [6, 6.07) is 7.24. The molecule has 1 fully saturated rings. The predicted octanol–water partition coefficient (Wildman–Crippen LogP) is -0.188. The van der Waals surface area contributed by atoms with Crippen molar-refractivity contribution in [3.8, 4) is 0 Å². The van der Waals surface area contributed by atoms with Crippen LogP contribution in [-0.4, -0.2) is 55.0 Å². The van der Waals surface area contributed by atoms with Crippen LogP contribution in [0, 0.1) is 0 Å². The number of likely N-dealkylation sites (N-methyl/N-ethyl adjacent to an activating group) is 1. The SMILES string of the molecule is CC([Si])C(C)(C)c1cc(N2CCC([N+](C)(C)C)C2)ccc1N.[Cl-]. The van der Waals surface area contributed by atoms with Crippen LogP contribution in [0.4, 0.5) is 11.4 Å².